The zero-order valence-corrected chi connectivity index (χ0v) is 32.5. The molecule has 51 heavy (non-hydrogen) atoms. The van der Waals surface area contributed by atoms with E-state index in [9.17, 15) is 35.4 Å². The molecule has 1 heterocycles. The van der Waals surface area contributed by atoms with Gasteiger partial charge < -0.3 is 45.4 Å². The van der Waals surface area contributed by atoms with Crippen molar-refractivity contribution in [2.45, 2.75) is 230 Å². The number of carbonyl (C=O) groups excluding carboxylic acids is 1. The van der Waals surface area contributed by atoms with Crippen molar-refractivity contribution in [3.63, 3.8) is 0 Å². The average molecular weight is 730 g/mol. The first kappa shape index (κ1) is 47.9. The van der Waals surface area contributed by atoms with Gasteiger partial charge in [-0.25, -0.2) is 0 Å². The number of carbonyl (C=O) groups is 1. The largest absolute Gasteiger partial charge is 0.394 e. The molecule has 8 unspecified atom stereocenters. The van der Waals surface area contributed by atoms with Crippen LogP contribution < -0.4 is 5.32 Å². The molecule has 0 bridgehead atoms. The molecule has 7 N–H and O–H groups in total. The van der Waals surface area contributed by atoms with Gasteiger partial charge in [-0.1, -0.05) is 174 Å². The third kappa shape index (κ3) is 23.3. The fourth-order valence-electron chi connectivity index (χ4n) is 6.69. The second kappa shape index (κ2) is 32.3. The molecule has 10 nitrogen and oxygen atoms in total. The molecule has 1 aliphatic heterocycles. The first-order chi connectivity index (χ1) is 24.8. The van der Waals surface area contributed by atoms with Crippen molar-refractivity contribution in [1.82, 2.24) is 5.32 Å². The zero-order chi connectivity index (χ0) is 37.5. The van der Waals surface area contributed by atoms with Gasteiger partial charge in [0.05, 0.1) is 25.4 Å². The summed E-state index contributed by atoms with van der Waals surface area (Å²) in [6.07, 6.45) is 24.4. The number of amides is 1. The van der Waals surface area contributed by atoms with Gasteiger partial charge in [0.25, 0.3) is 0 Å². The molecule has 1 saturated heterocycles. The van der Waals surface area contributed by atoms with Crippen LogP contribution in [0.15, 0.2) is 12.2 Å². The highest BCUT2D eigenvalue weighted by Gasteiger charge is 2.44. The van der Waals surface area contributed by atoms with E-state index in [2.05, 4.69) is 19.2 Å². The second-order valence-electron chi connectivity index (χ2n) is 14.9. The number of aliphatic hydroxyl groups excluding tert-OH is 6. The van der Waals surface area contributed by atoms with Crippen LogP contribution >= 0.6 is 0 Å². The molecule has 0 aliphatic carbocycles. The van der Waals surface area contributed by atoms with E-state index in [-0.39, 0.29) is 6.61 Å². The summed E-state index contributed by atoms with van der Waals surface area (Å²) in [6.45, 7) is 3.58. The molecular weight excluding hydrogens is 650 g/mol. The maximum Gasteiger partial charge on any atom is 0.249 e. The Morgan fingerprint density at radius 3 is 1.59 bits per heavy atom. The van der Waals surface area contributed by atoms with E-state index in [4.69, 9.17) is 9.47 Å². The predicted octanol–water partition coefficient (Wildman–Crippen LogP) is 6.75. The Hall–Kier alpha value is -1.11. The molecule has 0 aromatic rings. The lowest BCUT2D eigenvalue weighted by atomic mass is 9.99. The van der Waals surface area contributed by atoms with Crippen LogP contribution in [-0.2, 0) is 14.3 Å². The fraction of sp³-hybridized carbons (Fsp3) is 0.927. The molecule has 1 rings (SSSR count). The summed E-state index contributed by atoms with van der Waals surface area (Å²) in [4.78, 5) is 13.0. The van der Waals surface area contributed by atoms with E-state index in [1.165, 1.54) is 116 Å². The Bertz CT molecular complexity index is 829. The minimum atomic E-state index is -1.60. The van der Waals surface area contributed by atoms with Gasteiger partial charge >= 0.3 is 0 Å². The smallest absolute Gasteiger partial charge is 0.249 e. The number of rotatable bonds is 34. The van der Waals surface area contributed by atoms with E-state index in [1.54, 1.807) is 6.08 Å². The summed E-state index contributed by atoms with van der Waals surface area (Å²) in [5.41, 5.74) is 0. The summed E-state index contributed by atoms with van der Waals surface area (Å²) >= 11 is 0. The summed E-state index contributed by atoms with van der Waals surface area (Å²) in [5.74, 6) is -0.617. The highest BCUT2D eigenvalue weighted by molar-refractivity contribution is 5.80. The van der Waals surface area contributed by atoms with Crippen molar-refractivity contribution in [3.05, 3.63) is 12.2 Å². The van der Waals surface area contributed by atoms with Crippen molar-refractivity contribution in [1.29, 1.82) is 0 Å². The standard InChI is InChI=1S/C41H79NO9/c1-3-5-7-9-11-13-15-17-18-20-21-23-25-27-29-34(44)33(32-50-41-39(48)38(47)37(46)36(31-43)51-41)42-40(49)35(45)30-28-26-24-22-19-16-14-12-10-8-6-4-2/h27,29,33-39,41,43-48H,3-26,28,30-32H2,1-2H3,(H,42,49)/b29-27+. The molecule has 0 aromatic carbocycles. The summed E-state index contributed by atoms with van der Waals surface area (Å²) in [7, 11) is 0. The maximum absolute atomic E-state index is 13.0. The van der Waals surface area contributed by atoms with Gasteiger partial charge in [-0.2, -0.15) is 0 Å². The Morgan fingerprint density at radius 1 is 0.667 bits per heavy atom. The number of ether oxygens (including phenoxy) is 2. The lowest BCUT2D eigenvalue weighted by Crippen LogP contribution is -2.60. The van der Waals surface area contributed by atoms with Gasteiger partial charge in [0.2, 0.25) is 5.91 Å². The van der Waals surface area contributed by atoms with Crippen molar-refractivity contribution >= 4 is 5.91 Å². The number of aliphatic hydroxyl groups is 6. The zero-order valence-electron chi connectivity index (χ0n) is 32.5. The van der Waals surface area contributed by atoms with Crippen LogP contribution in [0.5, 0.6) is 0 Å². The Kier molecular flexibility index (Phi) is 30.4. The minimum absolute atomic E-state index is 0.302. The molecule has 10 heteroatoms. The first-order valence-electron chi connectivity index (χ1n) is 21.0. The van der Waals surface area contributed by atoms with Crippen molar-refractivity contribution in [2.24, 2.45) is 0 Å². The summed E-state index contributed by atoms with van der Waals surface area (Å²) in [5, 5.41) is 64.4. The second-order valence-corrected chi connectivity index (χ2v) is 14.9. The number of nitrogens with one attached hydrogen (secondary N) is 1. The van der Waals surface area contributed by atoms with Gasteiger partial charge in [0, 0.05) is 0 Å². The normalized spacial score (nSPS) is 22.7. The molecule has 0 saturated carbocycles. The van der Waals surface area contributed by atoms with Gasteiger partial charge in [-0.15, -0.1) is 0 Å². The van der Waals surface area contributed by atoms with Crippen molar-refractivity contribution in [3.8, 4) is 0 Å². The molecule has 8 atom stereocenters. The highest BCUT2D eigenvalue weighted by Crippen LogP contribution is 2.22. The first-order valence-corrected chi connectivity index (χ1v) is 21.0. The molecule has 0 radical (unpaired) electrons. The van der Waals surface area contributed by atoms with E-state index >= 15 is 0 Å². The highest BCUT2D eigenvalue weighted by atomic mass is 16.7. The van der Waals surface area contributed by atoms with E-state index in [0.717, 1.165) is 44.9 Å². The number of hydrogen-bond acceptors (Lipinski definition) is 9. The number of unbranched alkanes of at least 4 members (excludes halogenated alkanes) is 23. The third-order valence-corrected chi connectivity index (χ3v) is 10.2. The van der Waals surface area contributed by atoms with Crippen LogP contribution in [0.4, 0.5) is 0 Å². The Balaban J connectivity index is 2.49. The molecule has 0 aromatic heterocycles. The molecule has 1 aliphatic rings. The van der Waals surface area contributed by atoms with Crippen LogP contribution in [0, 0.1) is 0 Å². The molecule has 302 valence electrons. The summed E-state index contributed by atoms with van der Waals surface area (Å²) in [6, 6.07) is -0.972. The van der Waals surface area contributed by atoms with Gasteiger partial charge in [0.15, 0.2) is 6.29 Å². The Labute approximate surface area is 310 Å². The SMILES string of the molecule is CCCCCCCCCCCCCC/C=C/C(O)C(COC1OC(CO)C(O)C(O)C1O)NC(=O)C(O)CCCCCCCCCCCCCC. The van der Waals surface area contributed by atoms with E-state index < -0.39 is 61.5 Å². The van der Waals surface area contributed by atoms with E-state index in [1.807, 2.05) is 6.08 Å². The van der Waals surface area contributed by atoms with Crippen LogP contribution in [0.1, 0.15) is 181 Å². The minimum Gasteiger partial charge on any atom is -0.394 e. The number of allylic oxidation sites excluding steroid dienone is 1. The van der Waals surface area contributed by atoms with Crippen LogP contribution in [-0.4, -0.2) is 98.7 Å². The quantitative estimate of drug-likeness (QED) is 0.0280. The topological polar surface area (TPSA) is 169 Å². The van der Waals surface area contributed by atoms with Gasteiger partial charge in [0.1, 0.15) is 30.5 Å². The van der Waals surface area contributed by atoms with Crippen LogP contribution in [0.25, 0.3) is 0 Å². The van der Waals surface area contributed by atoms with Crippen molar-refractivity contribution < 1.29 is 44.9 Å². The average Bonchev–Trinajstić information content (AvgIpc) is 3.13. The molecule has 1 amide bonds. The van der Waals surface area contributed by atoms with E-state index in [0.29, 0.717) is 6.42 Å². The molecular formula is C41H79NO9. The van der Waals surface area contributed by atoms with Crippen molar-refractivity contribution in [2.75, 3.05) is 13.2 Å². The fourth-order valence-corrected chi connectivity index (χ4v) is 6.69. The van der Waals surface area contributed by atoms with Crippen LogP contribution in [0.3, 0.4) is 0 Å². The summed E-state index contributed by atoms with van der Waals surface area (Å²) < 4.78 is 11.1. The maximum atomic E-state index is 13.0. The molecule has 1 fully saturated rings. The monoisotopic (exact) mass is 730 g/mol. The third-order valence-electron chi connectivity index (χ3n) is 10.2. The lowest BCUT2D eigenvalue weighted by Gasteiger charge is -2.40. The van der Waals surface area contributed by atoms with Gasteiger partial charge in [-0.3, -0.25) is 4.79 Å². The van der Waals surface area contributed by atoms with Crippen LogP contribution in [0.2, 0.25) is 0 Å². The predicted molar refractivity (Wildman–Crippen MR) is 204 cm³/mol. The molecule has 0 spiro atoms. The number of hydrogen-bond donors (Lipinski definition) is 7. The lowest BCUT2D eigenvalue weighted by molar-refractivity contribution is -0.302. The Morgan fingerprint density at radius 2 is 1.12 bits per heavy atom. The van der Waals surface area contributed by atoms with Gasteiger partial charge in [-0.05, 0) is 19.3 Å².